The van der Waals surface area contributed by atoms with Gasteiger partial charge in [-0.15, -0.1) is 0 Å². The molecule has 1 aromatic carbocycles. The largest absolute Gasteiger partial charge is 0.295 e. The van der Waals surface area contributed by atoms with E-state index in [-0.39, 0.29) is 5.82 Å². The molecule has 3 nitrogen and oxygen atoms in total. The number of benzene rings is 1. The van der Waals surface area contributed by atoms with Crippen molar-refractivity contribution in [2.75, 3.05) is 13.1 Å². The van der Waals surface area contributed by atoms with Crippen molar-refractivity contribution in [1.82, 2.24) is 15.8 Å². The lowest BCUT2D eigenvalue weighted by Crippen LogP contribution is -2.47. The summed E-state index contributed by atoms with van der Waals surface area (Å²) in [6.45, 7) is 5.30. The topological polar surface area (TPSA) is 27.3 Å². The highest BCUT2D eigenvalue weighted by molar-refractivity contribution is 5.16. The summed E-state index contributed by atoms with van der Waals surface area (Å²) in [6, 6.07) is 8.05. The Balaban J connectivity index is 1.69. The quantitative estimate of drug-likeness (QED) is 0.872. The van der Waals surface area contributed by atoms with Crippen LogP contribution in [0.25, 0.3) is 0 Å². The maximum absolute atomic E-state index is 13.3. The molecule has 0 saturated carbocycles. The number of hydrogen-bond donors (Lipinski definition) is 2. The SMILES string of the molecule is CC1CNNC1C1CCCN1Cc1cccc(F)c1. The Hall–Kier alpha value is -0.970. The summed E-state index contributed by atoms with van der Waals surface area (Å²) in [5.41, 5.74) is 7.74. The van der Waals surface area contributed by atoms with E-state index >= 15 is 0 Å². The van der Waals surface area contributed by atoms with Crippen LogP contribution in [-0.2, 0) is 6.54 Å². The summed E-state index contributed by atoms with van der Waals surface area (Å²) in [4.78, 5) is 2.50. The van der Waals surface area contributed by atoms with Crippen LogP contribution in [0.5, 0.6) is 0 Å². The lowest BCUT2D eigenvalue weighted by Gasteiger charge is -2.31. The van der Waals surface area contributed by atoms with Gasteiger partial charge in [-0.05, 0) is 43.0 Å². The number of nitrogens with zero attached hydrogens (tertiary/aromatic N) is 1. The van der Waals surface area contributed by atoms with Gasteiger partial charge in [0.25, 0.3) is 0 Å². The van der Waals surface area contributed by atoms with E-state index in [1.54, 1.807) is 12.1 Å². The molecule has 0 spiro atoms. The second kappa shape index (κ2) is 5.57. The standard InChI is InChI=1S/C15H22FN3/c1-11-9-17-18-15(11)14-6-3-7-19(14)10-12-4-2-5-13(16)8-12/h2,4-5,8,11,14-15,17-18H,3,6-7,9-10H2,1H3. The van der Waals surface area contributed by atoms with Crippen LogP contribution in [0.15, 0.2) is 24.3 Å². The number of hydrogen-bond acceptors (Lipinski definition) is 3. The molecule has 0 bridgehead atoms. The third-order valence-corrected chi connectivity index (χ3v) is 4.41. The van der Waals surface area contributed by atoms with Gasteiger partial charge in [-0.2, -0.15) is 0 Å². The molecule has 3 unspecified atom stereocenters. The molecular formula is C15H22FN3. The van der Waals surface area contributed by atoms with Crippen molar-refractivity contribution < 1.29 is 4.39 Å². The zero-order valence-electron chi connectivity index (χ0n) is 11.4. The number of likely N-dealkylation sites (tertiary alicyclic amines) is 1. The molecule has 19 heavy (non-hydrogen) atoms. The van der Waals surface area contributed by atoms with Gasteiger partial charge >= 0.3 is 0 Å². The van der Waals surface area contributed by atoms with Crippen molar-refractivity contribution in [3.8, 4) is 0 Å². The fourth-order valence-electron chi connectivity index (χ4n) is 3.41. The Morgan fingerprint density at radius 2 is 2.32 bits per heavy atom. The van der Waals surface area contributed by atoms with E-state index in [1.165, 1.54) is 18.9 Å². The Bertz CT molecular complexity index is 437. The number of halogens is 1. The number of hydrazine groups is 1. The zero-order valence-corrected chi connectivity index (χ0v) is 11.4. The van der Waals surface area contributed by atoms with E-state index in [0.717, 1.165) is 25.2 Å². The lowest BCUT2D eigenvalue weighted by atomic mass is 9.95. The van der Waals surface area contributed by atoms with E-state index in [2.05, 4.69) is 22.7 Å². The van der Waals surface area contributed by atoms with Crippen LogP contribution in [0.1, 0.15) is 25.3 Å². The first-order chi connectivity index (χ1) is 9.24. The Labute approximate surface area is 114 Å². The van der Waals surface area contributed by atoms with Crippen LogP contribution in [0, 0.1) is 11.7 Å². The average molecular weight is 263 g/mol. The van der Waals surface area contributed by atoms with Gasteiger partial charge in [-0.3, -0.25) is 15.8 Å². The van der Waals surface area contributed by atoms with Crippen LogP contribution in [0.4, 0.5) is 4.39 Å². The molecule has 3 rings (SSSR count). The minimum atomic E-state index is -0.137. The first-order valence-corrected chi connectivity index (χ1v) is 7.21. The fraction of sp³-hybridized carbons (Fsp3) is 0.600. The third kappa shape index (κ3) is 2.81. The Kier molecular flexibility index (Phi) is 3.82. The molecule has 2 N–H and O–H groups in total. The Morgan fingerprint density at radius 1 is 1.42 bits per heavy atom. The molecule has 2 aliphatic heterocycles. The van der Waals surface area contributed by atoms with Crippen molar-refractivity contribution in [1.29, 1.82) is 0 Å². The van der Waals surface area contributed by atoms with E-state index < -0.39 is 0 Å². The molecule has 2 fully saturated rings. The van der Waals surface area contributed by atoms with Gasteiger partial charge in [-0.25, -0.2) is 4.39 Å². The second-order valence-corrected chi connectivity index (χ2v) is 5.84. The molecule has 104 valence electrons. The van der Waals surface area contributed by atoms with Crippen molar-refractivity contribution in [2.45, 2.75) is 38.4 Å². The first kappa shape index (κ1) is 13.0. The predicted octanol–water partition coefficient (Wildman–Crippen LogP) is 1.90. The lowest BCUT2D eigenvalue weighted by molar-refractivity contribution is 0.187. The van der Waals surface area contributed by atoms with E-state index in [4.69, 9.17) is 0 Å². The summed E-state index contributed by atoms with van der Waals surface area (Å²) < 4.78 is 13.3. The van der Waals surface area contributed by atoms with Crippen molar-refractivity contribution in [3.63, 3.8) is 0 Å². The summed E-state index contributed by atoms with van der Waals surface area (Å²) >= 11 is 0. The number of rotatable bonds is 3. The van der Waals surface area contributed by atoms with E-state index in [0.29, 0.717) is 18.0 Å². The minimum absolute atomic E-state index is 0.137. The van der Waals surface area contributed by atoms with Gasteiger partial charge in [0.15, 0.2) is 0 Å². The highest BCUT2D eigenvalue weighted by Gasteiger charge is 2.36. The fourth-order valence-corrected chi connectivity index (χ4v) is 3.41. The summed E-state index contributed by atoms with van der Waals surface area (Å²) in [6.07, 6.45) is 2.48. The maximum Gasteiger partial charge on any atom is 0.123 e. The van der Waals surface area contributed by atoms with Crippen molar-refractivity contribution in [3.05, 3.63) is 35.6 Å². The van der Waals surface area contributed by atoms with Gasteiger partial charge in [-0.1, -0.05) is 19.1 Å². The van der Waals surface area contributed by atoms with Gasteiger partial charge in [0.2, 0.25) is 0 Å². The van der Waals surface area contributed by atoms with Crippen LogP contribution >= 0.6 is 0 Å². The molecule has 1 aromatic rings. The minimum Gasteiger partial charge on any atom is -0.295 e. The molecular weight excluding hydrogens is 241 g/mol. The highest BCUT2D eigenvalue weighted by Crippen LogP contribution is 2.27. The van der Waals surface area contributed by atoms with Crippen LogP contribution < -0.4 is 10.9 Å². The van der Waals surface area contributed by atoms with Crippen molar-refractivity contribution >= 4 is 0 Å². The first-order valence-electron chi connectivity index (χ1n) is 7.21. The number of nitrogens with one attached hydrogen (secondary N) is 2. The third-order valence-electron chi connectivity index (χ3n) is 4.41. The second-order valence-electron chi connectivity index (χ2n) is 5.84. The van der Waals surface area contributed by atoms with Crippen LogP contribution in [0.3, 0.4) is 0 Å². The Morgan fingerprint density at radius 3 is 3.05 bits per heavy atom. The van der Waals surface area contributed by atoms with Gasteiger partial charge in [0, 0.05) is 25.2 Å². The summed E-state index contributed by atoms with van der Waals surface area (Å²) in [5, 5.41) is 0. The molecule has 0 amide bonds. The highest BCUT2D eigenvalue weighted by atomic mass is 19.1. The van der Waals surface area contributed by atoms with Crippen LogP contribution in [-0.4, -0.2) is 30.1 Å². The van der Waals surface area contributed by atoms with E-state index in [1.807, 2.05) is 6.07 Å². The van der Waals surface area contributed by atoms with Crippen LogP contribution in [0.2, 0.25) is 0 Å². The maximum atomic E-state index is 13.3. The van der Waals surface area contributed by atoms with Gasteiger partial charge in [0.05, 0.1) is 0 Å². The molecule has 4 heteroatoms. The molecule has 2 aliphatic rings. The normalized spacial score (nSPS) is 32.0. The molecule has 2 heterocycles. The summed E-state index contributed by atoms with van der Waals surface area (Å²) in [5.74, 6) is 0.514. The molecule has 0 radical (unpaired) electrons. The van der Waals surface area contributed by atoms with Crippen molar-refractivity contribution in [2.24, 2.45) is 5.92 Å². The zero-order chi connectivity index (χ0) is 13.2. The predicted molar refractivity (Wildman–Crippen MR) is 73.9 cm³/mol. The molecule has 2 saturated heterocycles. The molecule has 3 atom stereocenters. The molecule has 0 aromatic heterocycles. The monoisotopic (exact) mass is 263 g/mol. The smallest absolute Gasteiger partial charge is 0.123 e. The van der Waals surface area contributed by atoms with Gasteiger partial charge < -0.3 is 0 Å². The van der Waals surface area contributed by atoms with Gasteiger partial charge in [0.1, 0.15) is 5.82 Å². The average Bonchev–Trinajstić information content (AvgIpc) is 2.98. The summed E-state index contributed by atoms with van der Waals surface area (Å²) in [7, 11) is 0. The van der Waals surface area contributed by atoms with E-state index in [9.17, 15) is 4.39 Å². The molecule has 0 aliphatic carbocycles.